The molecule has 7 aromatic carbocycles. The lowest BCUT2D eigenvalue weighted by molar-refractivity contribution is 1.67. The minimum absolute atomic E-state index is 1.27. The van der Waals surface area contributed by atoms with Gasteiger partial charge < -0.3 is 0 Å². The van der Waals surface area contributed by atoms with E-state index in [2.05, 4.69) is 121 Å². The van der Waals surface area contributed by atoms with E-state index in [1.807, 2.05) is 0 Å². The Morgan fingerprint density at radius 3 is 1.79 bits per heavy atom. The summed E-state index contributed by atoms with van der Waals surface area (Å²) in [5, 5.41) is 10.6. The predicted molar refractivity (Wildman–Crippen MR) is 146 cm³/mol. The number of fused-ring (bicyclic) bond motifs is 8. The molecular weight excluding hydrogens is 408 g/mol. The second-order valence-electron chi connectivity index (χ2n) is 9.30. The Morgan fingerprint density at radius 2 is 0.971 bits per heavy atom. The van der Waals surface area contributed by atoms with Crippen molar-refractivity contribution in [3.05, 3.63) is 121 Å². The number of benzene rings is 7. The first kappa shape index (κ1) is 18.1. The van der Waals surface area contributed by atoms with Gasteiger partial charge in [-0.15, -0.1) is 0 Å². The molecule has 0 saturated heterocycles. The Kier molecular flexibility index (Phi) is 3.48. The van der Waals surface area contributed by atoms with Crippen LogP contribution >= 0.6 is 0 Å². The van der Waals surface area contributed by atoms with Crippen LogP contribution < -0.4 is 0 Å². The predicted octanol–water partition coefficient (Wildman–Crippen LogP) is 9.61. The van der Waals surface area contributed by atoms with Gasteiger partial charge in [0.25, 0.3) is 0 Å². The van der Waals surface area contributed by atoms with Crippen molar-refractivity contribution in [3.63, 3.8) is 0 Å². The molecule has 1 aliphatic rings. The maximum Gasteiger partial charge on any atom is -0.000741 e. The first-order chi connectivity index (χ1) is 16.9. The molecule has 0 aliphatic heterocycles. The zero-order valence-corrected chi connectivity index (χ0v) is 18.5. The molecule has 0 heterocycles. The molecule has 0 nitrogen and oxygen atoms in total. The van der Waals surface area contributed by atoms with Crippen LogP contribution in [0.15, 0.2) is 121 Å². The summed E-state index contributed by atoms with van der Waals surface area (Å²) >= 11 is 0. The van der Waals surface area contributed by atoms with Gasteiger partial charge in [0.2, 0.25) is 0 Å². The first-order valence-electron chi connectivity index (χ1n) is 11.9. The highest BCUT2D eigenvalue weighted by molar-refractivity contribution is 6.33. The van der Waals surface area contributed by atoms with Crippen LogP contribution in [0, 0.1) is 0 Å². The molecule has 0 heteroatoms. The van der Waals surface area contributed by atoms with Crippen molar-refractivity contribution in [1.82, 2.24) is 0 Å². The Balaban J connectivity index is 1.69. The SMILES string of the molecule is c1ccc(-c2c3c4c(cccc4c4ccc5ccccc5c24)-c2cc4ccccc4cc2-3)cc1. The summed E-state index contributed by atoms with van der Waals surface area (Å²) in [6.07, 6.45) is 0. The second-order valence-corrected chi connectivity index (χ2v) is 9.30. The maximum atomic E-state index is 2.41. The molecular formula is C34H20. The zero-order valence-electron chi connectivity index (χ0n) is 18.5. The van der Waals surface area contributed by atoms with E-state index in [-0.39, 0.29) is 0 Å². The summed E-state index contributed by atoms with van der Waals surface area (Å²) in [4.78, 5) is 0. The van der Waals surface area contributed by atoms with Crippen molar-refractivity contribution in [2.75, 3.05) is 0 Å². The van der Waals surface area contributed by atoms with Crippen molar-refractivity contribution in [2.45, 2.75) is 0 Å². The molecule has 0 aromatic heterocycles. The van der Waals surface area contributed by atoms with Gasteiger partial charge in [-0.2, -0.15) is 0 Å². The van der Waals surface area contributed by atoms with Gasteiger partial charge in [-0.05, 0) is 88.6 Å². The molecule has 0 atom stereocenters. The van der Waals surface area contributed by atoms with Crippen LogP contribution in [0.3, 0.4) is 0 Å². The number of hydrogen-bond acceptors (Lipinski definition) is 0. The van der Waals surface area contributed by atoms with E-state index in [1.165, 1.54) is 76.5 Å². The standard InChI is InChI=1S/C34H20/c1-2-10-22(11-3-1)31-32-25-14-7-6-9-21(25)17-18-28(32)26-15-8-16-27-29-19-23-12-4-5-13-24(23)20-30(29)34(31)33(26)27/h1-20H. The van der Waals surface area contributed by atoms with Crippen molar-refractivity contribution in [1.29, 1.82) is 0 Å². The van der Waals surface area contributed by atoms with Crippen molar-refractivity contribution >= 4 is 43.1 Å². The van der Waals surface area contributed by atoms with Gasteiger partial charge in [-0.25, -0.2) is 0 Å². The molecule has 0 fully saturated rings. The van der Waals surface area contributed by atoms with Crippen LogP contribution in [-0.2, 0) is 0 Å². The molecule has 0 N–H and O–H groups in total. The lowest BCUT2D eigenvalue weighted by Crippen LogP contribution is -1.90. The minimum atomic E-state index is 1.27. The summed E-state index contributed by atoms with van der Waals surface area (Å²) in [5.41, 5.74) is 8.04. The van der Waals surface area contributed by atoms with E-state index in [4.69, 9.17) is 0 Å². The molecule has 7 aromatic rings. The lowest BCUT2D eigenvalue weighted by atomic mass is 9.85. The van der Waals surface area contributed by atoms with Crippen LogP contribution in [0.5, 0.6) is 0 Å². The summed E-state index contributed by atoms with van der Waals surface area (Å²) in [6.45, 7) is 0. The van der Waals surface area contributed by atoms with Gasteiger partial charge in [-0.1, -0.05) is 109 Å². The maximum absolute atomic E-state index is 2.41. The summed E-state index contributed by atoms with van der Waals surface area (Å²) in [6, 6.07) is 44.7. The Hall–Kier alpha value is -4.42. The number of rotatable bonds is 1. The third kappa shape index (κ3) is 2.27. The van der Waals surface area contributed by atoms with Crippen molar-refractivity contribution < 1.29 is 0 Å². The van der Waals surface area contributed by atoms with Gasteiger partial charge in [0.15, 0.2) is 0 Å². The average Bonchev–Trinajstić information content (AvgIpc) is 3.22. The van der Waals surface area contributed by atoms with Gasteiger partial charge in [0.1, 0.15) is 0 Å². The van der Waals surface area contributed by atoms with Crippen LogP contribution in [0.1, 0.15) is 0 Å². The highest BCUT2D eigenvalue weighted by Crippen LogP contribution is 2.55. The van der Waals surface area contributed by atoms with E-state index in [1.54, 1.807) is 0 Å². The molecule has 0 amide bonds. The summed E-state index contributed by atoms with van der Waals surface area (Å²) in [7, 11) is 0. The second kappa shape index (κ2) is 6.56. The fraction of sp³-hybridized carbons (Fsp3) is 0. The van der Waals surface area contributed by atoms with Gasteiger partial charge in [-0.3, -0.25) is 0 Å². The number of hydrogen-bond donors (Lipinski definition) is 0. The molecule has 0 bridgehead atoms. The van der Waals surface area contributed by atoms with Crippen molar-refractivity contribution in [3.8, 4) is 33.4 Å². The summed E-state index contributed by atoms with van der Waals surface area (Å²) in [5.74, 6) is 0. The van der Waals surface area contributed by atoms with Crippen molar-refractivity contribution in [2.24, 2.45) is 0 Å². The Labute approximate surface area is 197 Å². The minimum Gasteiger partial charge on any atom is -0.0622 e. The largest absolute Gasteiger partial charge is 0.0622 e. The van der Waals surface area contributed by atoms with Gasteiger partial charge >= 0.3 is 0 Å². The Bertz CT molecular complexity index is 1940. The van der Waals surface area contributed by atoms with Gasteiger partial charge in [0.05, 0.1) is 0 Å². The van der Waals surface area contributed by atoms with E-state index in [0.717, 1.165) is 0 Å². The molecule has 0 radical (unpaired) electrons. The lowest BCUT2D eigenvalue weighted by Gasteiger charge is -2.18. The Morgan fingerprint density at radius 1 is 0.324 bits per heavy atom. The quantitative estimate of drug-likeness (QED) is 0.228. The average molecular weight is 429 g/mol. The monoisotopic (exact) mass is 428 g/mol. The zero-order chi connectivity index (χ0) is 22.2. The van der Waals surface area contributed by atoms with E-state index in [0.29, 0.717) is 0 Å². The van der Waals surface area contributed by atoms with Crippen LogP contribution in [0.2, 0.25) is 0 Å². The molecule has 8 rings (SSSR count). The van der Waals surface area contributed by atoms with Gasteiger partial charge in [0, 0.05) is 0 Å². The molecule has 0 saturated carbocycles. The fourth-order valence-corrected chi connectivity index (χ4v) is 6.12. The topological polar surface area (TPSA) is 0 Å². The molecule has 34 heavy (non-hydrogen) atoms. The molecule has 0 unspecified atom stereocenters. The highest BCUT2D eigenvalue weighted by Gasteiger charge is 2.28. The highest BCUT2D eigenvalue weighted by atomic mass is 14.3. The molecule has 156 valence electrons. The first-order valence-corrected chi connectivity index (χ1v) is 11.9. The molecule has 0 spiro atoms. The molecule has 1 aliphatic carbocycles. The fourth-order valence-electron chi connectivity index (χ4n) is 6.12. The van der Waals surface area contributed by atoms with Crippen LogP contribution in [0.25, 0.3) is 76.5 Å². The van der Waals surface area contributed by atoms with E-state index < -0.39 is 0 Å². The van der Waals surface area contributed by atoms with Crippen LogP contribution in [-0.4, -0.2) is 0 Å². The third-order valence-electron chi connectivity index (χ3n) is 7.54. The normalized spacial score (nSPS) is 12.1. The third-order valence-corrected chi connectivity index (χ3v) is 7.54. The smallest absolute Gasteiger partial charge is 0.000741 e. The van der Waals surface area contributed by atoms with Crippen LogP contribution in [0.4, 0.5) is 0 Å². The van der Waals surface area contributed by atoms with E-state index >= 15 is 0 Å². The summed E-state index contributed by atoms with van der Waals surface area (Å²) < 4.78 is 0. The van der Waals surface area contributed by atoms with E-state index in [9.17, 15) is 0 Å².